The minimum absolute atomic E-state index is 0.429. The van der Waals surface area contributed by atoms with Crippen LogP contribution in [0.3, 0.4) is 0 Å². The number of hydrogen-bond donors (Lipinski definition) is 2. The molecule has 2 aliphatic heterocycles. The second-order valence-corrected chi connectivity index (χ2v) is 4.74. The van der Waals surface area contributed by atoms with Crippen molar-refractivity contribution in [2.45, 2.75) is 38.5 Å². The summed E-state index contributed by atoms with van der Waals surface area (Å²) in [6.45, 7) is 2.45. The summed E-state index contributed by atoms with van der Waals surface area (Å²) >= 11 is 0. The standard InChI is InChI=1S/C13H17NO2/c15-13-6-11-8-16-7-10(11)4-9(13)5-12-2-1-3-14-12/h4,6,12,14-15H,1-3,5,7-8H2. The Balaban J connectivity index is 1.83. The van der Waals surface area contributed by atoms with Crippen LogP contribution in [0.15, 0.2) is 12.1 Å². The van der Waals surface area contributed by atoms with Crippen molar-refractivity contribution in [3.8, 4) is 5.75 Å². The van der Waals surface area contributed by atoms with Crippen LogP contribution in [0.5, 0.6) is 5.75 Å². The maximum atomic E-state index is 9.95. The van der Waals surface area contributed by atoms with Crippen molar-refractivity contribution in [3.63, 3.8) is 0 Å². The van der Waals surface area contributed by atoms with Crippen molar-refractivity contribution >= 4 is 0 Å². The summed E-state index contributed by atoms with van der Waals surface area (Å²) < 4.78 is 5.37. The third-order valence-corrected chi connectivity index (χ3v) is 3.54. The molecule has 0 aromatic heterocycles. The number of phenols is 1. The van der Waals surface area contributed by atoms with Crippen molar-refractivity contribution in [2.75, 3.05) is 6.54 Å². The Hall–Kier alpha value is -1.06. The third kappa shape index (κ3) is 1.81. The molecule has 1 atom stereocenters. The van der Waals surface area contributed by atoms with Gasteiger partial charge in [-0.25, -0.2) is 0 Å². The second-order valence-electron chi connectivity index (χ2n) is 4.74. The molecule has 1 fully saturated rings. The molecule has 86 valence electrons. The molecular weight excluding hydrogens is 202 g/mol. The monoisotopic (exact) mass is 219 g/mol. The van der Waals surface area contributed by atoms with E-state index in [1.165, 1.54) is 18.4 Å². The maximum Gasteiger partial charge on any atom is 0.119 e. The molecule has 2 aliphatic rings. The van der Waals surface area contributed by atoms with E-state index < -0.39 is 0 Å². The molecule has 1 aromatic carbocycles. The van der Waals surface area contributed by atoms with Crippen LogP contribution in [0, 0.1) is 0 Å². The summed E-state index contributed by atoms with van der Waals surface area (Å²) in [6, 6.07) is 4.51. The highest BCUT2D eigenvalue weighted by Crippen LogP contribution is 2.29. The van der Waals surface area contributed by atoms with Crippen molar-refractivity contribution < 1.29 is 9.84 Å². The molecule has 0 aliphatic carbocycles. The predicted molar refractivity (Wildman–Crippen MR) is 61.3 cm³/mol. The van der Waals surface area contributed by atoms with Gasteiger partial charge in [-0.2, -0.15) is 0 Å². The molecular formula is C13H17NO2. The lowest BCUT2D eigenvalue weighted by molar-refractivity contribution is 0.134. The smallest absolute Gasteiger partial charge is 0.119 e. The molecule has 2 heterocycles. The first-order valence-corrected chi connectivity index (χ1v) is 5.98. The Morgan fingerprint density at radius 2 is 2.12 bits per heavy atom. The number of benzene rings is 1. The average Bonchev–Trinajstić information content (AvgIpc) is 2.89. The zero-order valence-corrected chi connectivity index (χ0v) is 9.33. The van der Waals surface area contributed by atoms with Gasteiger partial charge in [0.15, 0.2) is 0 Å². The van der Waals surface area contributed by atoms with Gasteiger partial charge in [-0.1, -0.05) is 0 Å². The molecule has 0 spiro atoms. The molecule has 1 unspecified atom stereocenters. The lowest BCUT2D eigenvalue weighted by atomic mass is 9.99. The van der Waals surface area contributed by atoms with Gasteiger partial charge in [0, 0.05) is 6.04 Å². The quantitative estimate of drug-likeness (QED) is 0.795. The number of hydrogen-bond acceptors (Lipinski definition) is 3. The topological polar surface area (TPSA) is 41.5 Å². The van der Waals surface area contributed by atoms with Crippen LogP contribution in [0.4, 0.5) is 0 Å². The highest BCUT2D eigenvalue weighted by atomic mass is 16.5. The minimum atomic E-state index is 0.429. The average molecular weight is 219 g/mol. The fourth-order valence-corrected chi connectivity index (χ4v) is 2.63. The van der Waals surface area contributed by atoms with Crippen molar-refractivity contribution in [2.24, 2.45) is 0 Å². The van der Waals surface area contributed by atoms with Crippen LogP contribution in [-0.4, -0.2) is 17.7 Å². The van der Waals surface area contributed by atoms with E-state index in [1.54, 1.807) is 0 Å². The Kier molecular flexibility index (Phi) is 2.58. The summed E-state index contributed by atoms with van der Waals surface area (Å²) in [6.07, 6.45) is 3.39. The minimum Gasteiger partial charge on any atom is -0.508 e. The highest BCUT2D eigenvalue weighted by Gasteiger charge is 2.19. The van der Waals surface area contributed by atoms with Crippen molar-refractivity contribution in [3.05, 3.63) is 28.8 Å². The first-order valence-electron chi connectivity index (χ1n) is 5.98. The Morgan fingerprint density at radius 3 is 2.88 bits per heavy atom. The number of phenolic OH excluding ortho intramolecular Hbond substituents is 1. The molecule has 0 radical (unpaired) electrons. The largest absolute Gasteiger partial charge is 0.508 e. The molecule has 1 aromatic rings. The molecule has 2 N–H and O–H groups in total. The number of ether oxygens (including phenoxy) is 1. The van der Waals surface area contributed by atoms with E-state index in [9.17, 15) is 5.11 Å². The Bertz CT molecular complexity index is 397. The van der Waals surface area contributed by atoms with Crippen molar-refractivity contribution in [1.29, 1.82) is 0 Å². The van der Waals surface area contributed by atoms with Gasteiger partial charge in [0.1, 0.15) is 5.75 Å². The van der Waals surface area contributed by atoms with E-state index in [2.05, 4.69) is 11.4 Å². The lowest BCUT2D eigenvalue weighted by Gasteiger charge is -2.12. The second kappa shape index (κ2) is 4.07. The van der Waals surface area contributed by atoms with Gasteiger partial charge in [-0.05, 0) is 54.6 Å². The van der Waals surface area contributed by atoms with Crippen LogP contribution in [0.25, 0.3) is 0 Å². The zero-order chi connectivity index (χ0) is 11.0. The van der Waals surface area contributed by atoms with Gasteiger partial charge in [0.2, 0.25) is 0 Å². The summed E-state index contributed by atoms with van der Waals surface area (Å²) in [5.41, 5.74) is 3.44. The first-order chi connectivity index (χ1) is 7.83. The van der Waals surface area contributed by atoms with Gasteiger partial charge >= 0.3 is 0 Å². The molecule has 3 nitrogen and oxygen atoms in total. The summed E-state index contributed by atoms with van der Waals surface area (Å²) in [4.78, 5) is 0. The van der Waals surface area contributed by atoms with E-state index >= 15 is 0 Å². The van der Waals surface area contributed by atoms with Gasteiger partial charge in [0.25, 0.3) is 0 Å². The van der Waals surface area contributed by atoms with Gasteiger partial charge in [-0.3, -0.25) is 0 Å². The normalized spacial score (nSPS) is 23.6. The van der Waals surface area contributed by atoms with E-state index in [4.69, 9.17) is 4.74 Å². The van der Waals surface area contributed by atoms with Gasteiger partial charge < -0.3 is 15.2 Å². The molecule has 0 saturated carbocycles. The third-order valence-electron chi connectivity index (χ3n) is 3.54. The Morgan fingerprint density at radius 1 is 1.31 bits per heavy atom. The molecule has 3 heteroatoms. The van der Waals surface area contributed by atoms with Crippen LogP contribution in [-0.2, 0) is 24.4 Å². The van der Waals surface area contributed by atoms with Crippen molar-refractivity contribution in [1.82, 2.24) is 5.32 Å². The SMILES string of the molecule is Oc1cc2c(cc1CC1CCCN1)COC2. The zero-order valence-electron chi connectivity index (χ0n) is 9.33. The van der Waals surface area contributed by atoms with Crippen LogP contribution < -0.4 is 5.32 Å². The molecule has 3 rings (SSSR count). The maximum absolute atomic E-state index is 9.95. The fraction of sp³-hybridized carbons (Fsp3) is 0.538. The van der Waals surface area contributed by atoms with E-state index in [0.717, 1.165) is 24.1 Å². The van der Waals surface area contributed by atoms with E-state index in [-0.39, 0.29) is 0 Å². The molecule has 0 bridgehead atoms. The molecule has 1 saturated heterocycles. The van der Waals surface area contributed by atoms with Gasteiger partial charge in [-0.15, -0.1) is 0 Å². The van der Waals surface area contributed by atoms with E-state index in [1.807, 2.05) is 6.07 Å². The number of rotatable bonds is 2. The highest BCUT2D eigenvalue weighted by molar-refractivity contribution is 5.43. The molecule has 16 heavy (non-hydrogen) atoms. The predicted octanol–water partition coefficient (Wildman–Crippen LogP) is 1.72. The first kappa shape index (κ1) is 10.1. The number of nitrogens with one attached hydrogen (secondary N) is 1. The van der Waals surface area contributed by atoms with Crippen LogP contribution in [0.1, 0.15) is 29.5 Å². The Labute approximate surface area is 95.4 Å². The fourth-order valence-electron chi connectivity index (χ4n) is 2.63. The van der Waals surface area contributed by atoms with Crippen LogP contribution >= 0.6 is 0 Å². The summed E-state index contributed by atoms with van der Waals surface area (Å²) in [7, 11) is 0. The van der Waals surface area contributed by atoms with Crippen LogP contribution in [0.2, 0.25) is 0 Å². The number of fused-ring (bicyclic) bond motifs is 1. The lowest BCUT2D eigenvalue weighted by Crippen LogP contribution is -2.23. The van der Waals surface area contributed by atoms with E-state index in [0.29, 0.717) is 25.0 Å². The summed E-state index contributed by atoms with van der Waals surface area (Å²) in [5, 5.41) is 13.4. The summed E-state index contributed by atoms with van der Waals surface area (Å²) in [5.74, 6) is 0.429. The molecule has 0 amide bonds. The number of aromatic hydroxyl groups is 1. The van der Waals surface area contributed by atoms with Gasteiger partial charge in [0.05, 0.1) is 13.2 Å².